The fourth-order valence-electron chi connectivity index (χ4n) is 4.38. The lowest BCUT2D eigenvalue weighted by Gasteiger charge is -2.21. The zero-order valence-electron chi connectivity index (χ0n) is 19.0. The molecule has 0 saturated carbocycles. The third-order valence-electron chi connectivity index (χ3n) is 6.06. The molecule has 7 nitrogen and oxygen atoms in total. The van der Waals surface area contributed by atoms with E-state index in [1.165, 1.54) is 0 Å². The molecule has 1 aliphatic rings. The maximum absolute atomic E-state index is 12.8. The Labute approximate surface area is 211 Å². The van der Waals surface area contributed by atoms with Crippen molar-refractivity contribution in [2.75, 3.05) is 6.61 Å². The van der Waals surface area contributed by atoms with Crippen LogP contribution in [0.15, 0.2) is 77.3 Å². The summed E-state index contributed by atoms with van der Waals surface area (Å²) in [4.78, 5) is 36.8. The molecule has 0 heterocycles. The molecule has 3 aromatic rings. The summed E-state index contributed by atoms with van der Waals surface area (Å²) < 4.78 is 6.29. The van der Waals surface area contributed by atoms with E-state index in [1.807, 2.05) is 72.8 Å². The van der Waals surface area contributed by atoms with Gasteiger partial charge in [0, 0.05) is 10.4 Å². The summed E-state index contributed by atoms with van der Waals surface area (Å²) in [6, 6.07) is 21.6. The predicted octanol–water partition coefficient (Wildman–Crippen LogP) is 5.01. The van der Waals surface area contributed by atoms with Gasteiger partial charge in [0.1, 0.15) is 12.6 Å². The Bertz CT molecular complexity index is 1220. The Morgan fingerprint density at radius 1 is 0.914 bits per heavy atom. The molecular formula is C27H25BrN2O5. The minimum Gasteiger partial charge on any atom is -0.481 e. The van der Waals surface area contributed by atoms with Crippen molar-refractivity contribution in [2.24, 2.45) is 0 Å². The molecular weight excluding hydrogens is 512 g/mol. The number of benzene rings is 3. The quantitative estimate of drug-likeness (QED) is 0.375. The van der Waals surface area contributed by atoms with Crippen LogP contribution in [0.5, 0.6) is 0 Å². The number of carbonyl (C=O) groups is 3. The molecule has 2 atom stereocenters. The van der Waals surface area contributed by atoms with E-state index in [0.717, 1.165) is 32.3 Å². The van der Waals surface area contributed by atoms with Crippen LogP contribution in [0.4, 0.5) is 4.79 Å². The normalized spacial score (nSPS) is 13.8. The van der Waals surface area contributed by atoms with Crippen LogP contribution < -0.4 is 10.6 Å². The molecule has 8 heteroatoms. The molecule has 35 heavy (non-hydrogen) atoms. The summed E-state index contributed by atoms with van der Waals surface area (Å²) in [7, 11) is 0. The lowest BCUT2D eigenvalue weighted by molar-refractivity contribution is -0.140. The first-order chi connectivity index (χ1) is 16.8. The van der Waals surface area contributed by atoms with Gasteiger partial charge in [-0.2, -0.15) is 0 Å². The average molecular weight is 537 g/mol. The second-order valence-electron chi connectivity index (χ2n) is 8.37. The summed E-state index contributed by atoms with van der Waals surface area (Å²) in [5, 5.41) is 14.5. The largest absolute Gasteiger partial charge is 0.481 e. The second kappa shape index (κ2) is 10.7. The molecule has 4 rings (SSSR count). The molecule has 0 fully saturated rings. The Hall–Kier alpha value is -3.65. The number of carboxylic acids is 1. The van der Waals surface area contributed by atoms with E-state index in [2.05, 4.69) is 26.6 Å². The Morgan fingerprint density at radius 2 is 1.49 bits per heavy atom. The van der Waals surface area contributed by atoms with Crippen LogP contribution in [0.2, 0.25) is 0 Å². The second-order valence-corrected chi connectivity index (χ2v) is 9.23. The lowest BCUT2D eigenvalue weighted by Crippen LogP contribution is -2.48. The number of hydrogen-bond acceptors (Lipinski definition) is 4. The molecule has 0 radical (unpaired) electrons. The van der Waals surface area contributed by atoms with E-state index in [9.17, 15) is 19.5 Å². The molecule has 3 aromatic carbocycles. The first kappa shape index (κ1) is 24.5. The predicted molar refractivity (Wildman–Crippen MR) is 135 cm³/mol. The summed E-state index contributed by atoms with van der Waals surface area (Å²) >= 11 is 3.45. The minimum atomic E-state index is -1.28. The van der Waals surface area contributed by atoms with Crippen molar-refractivity contribution in [1.82, 2.24) is 10.6 Å². The van der Waals surface area contributed by atoms with Gasteiger partial charge < -0.3 is 20.5 Å². The topological polar surface area (TPSA) is 105 Å². The van der Waals surface area contributed by atoms with E-state index in [1.54, 1.807) is 6.92 Å². The number of nitrogens with one attached hydrogen (secondary N) is 2. The van der Waals surface area contributed by atoms with Crippen LogP contribution in [-0.4, -0.2) is 35.7 Å². The van der Waals surface area contributed by atoms with Crippen molar-refractivity contribution in [3.8, 4) is 11.1 Å². The van der Waals surface area contributed by atoms with Crippen LogP contribution >= 0.6 is 15.9 Å². The van der Waals surface area contributed by atoms with Gasteiger partial charge in [-0.15, -0.1) is 0 Å². The van der Waals surface area contributed by atoms with Gasteiger partial charge in [-0.05, 0) is 40.8 Å². The van der Waals surface area contributed by atoms with Crippen LogP contribution in [-0.2, 0) is 14.3 Å². The summed E-state index contributed by atoms with van der Waals surface area (Å²) in [6.45, 7) is 1.85. The standard InChI is InChI=1S/C27H25BrN2O5/c1-16(17-8-6-7-13-23(17)28)29-26(33)24(14-25(31)32)30-27(34)35-15-22-20-11-4-2-9-18(20)19-10-3-5-12-21(19)22/h2-13,16,22,24H,14-15H2,1H3,(H,29,33)(H,30,34)(H,31,32). The summed E-state index contributed by atoms with van der Waals surface area (Å²) in [6.07, 6.45) is -1.42. The lowest BCUT2D eigenvalue weighted by atomic mass is 9.98. The number of ether oxygens (including phenoxy) is 1. The number of carbonyl (C=O) groups excluding carboxylic acids is 2. The Kier molecular flexibility index (Phi) is 7.51. The average Bonchev–Trinajstić information content (AvgIpc) is 3.16. The van der Waals surface area contributed by atoms with Gasteiger partial charge in [-0.3, -0.25) is 9.59 Å². The highest BCUT2D eigenvalue weighted by Gasteiger charge is 2.30. The fourth-order valence-corrected chi connectivity index (χ4v) is 5.01. The van der Waals surface area contributed by atoms with Crippen molar-refractivity contribution in [2.45, 2.75) is 31.3 Å². The Balaban J connectivity index is 1.42. The number of alkyl carbamates (subject to hydrolysis) is 1. The maximum atomic E-state index is 12.8. The van der Waals surface area contributed by atoms with Crippen molar-refractivity contribution in [3.63, 3.8) is 0 Å². The van der Waals surface area contributed by atoms with Gasteiger partial charge in [-0.25, -0.2) is 4.79 Å². The smallest absolute Gasteiger partial charge is 0.407 e. The van der Waals surface area contributed by atoms with Gasteiger partial charge in [0.05, 0.1) is 12.5 Å². The Morgan fingerprint density at radius 3 is 2.09 bits per heavy atom. The molecule has 180 valence electrons. The number of hydrogen-bond donors (Lipinski definition) is 3. The molecule has 0 aliphatic heterocycles. The molecule has 0 bridgehead atoms. The highest BCUT2D eigenvalue weighted by Crippen LogP contribution is 2.44. The van der Waals surface area contributed by atoms with Gasteiger partial charge in [0.15, 0.2) is 0 Å². The zero-order chi connectivity index (χ0) is 24.9. The molecule has 2 unspecified atom stereocenters. The van der Waals surface area contributed by atoms with Crippen LogP contribution in [0.3, 0.4) is 0 Å². The third kappa shape index (κ3) is 5.54. The molecule has 2 amide bonds. The van der Waals surface area contributed by atoms with Crippen LogP contribution in [0.25, 0.3) is 11.1 Å². The number of amides is 2. The van der Waals surface area contributed by atoms with Gasteiger partial charge in [0.2, 0.25) is 5.91 Å². The molecule has 1 aliphatic carbocycles. The molecule has 0 aromatic heterocycles. The van der Waals surface area contributed by atoms with E-state index < -0.39 is 36.5 Å². The zero-order valence-corrected chi connectivity index (χ0v) is 20.6. The third-order valence-corrected chi connectivity index (χ3v) is 6.78. The van der Waals surface area contributed by atoms with E-state index in [-0.39, 0.29) is 12.5 Å². The van der Waals surface area contributed by atoms with Gasteiger partial charge in [0.25, 0.3) is 0 Å². The van der Waals surface area contributed by atoms with Crippen LogP contribution in [0.1, 0.15) is 42.0 Å². The number of halogens is 1. The first-order valence-electron chi connectivity index (χ1n) is 11.2. The van der Waals surface area contributed by atoms with E-state index >= 15 is 0 Å². The fraction of sp³-hybridized carbons (Fsp3) is 0.222. The first-order valence-corrected chi connectivity index (χ1v) is 12.0. The molecule has 3 N–H and O–H groups in total. The van der Waals surface area contributed by atoms with Crippen molar-refractivity contribution in [1.29, 1.82) is 0 Å². The minimum absolute atomic E-state index is 0.0641. The van der Waals surface area contributed by atoms with Crippen molar-refractivity contribution >= 4 is 33.9 Å². The summed E-state index contributed by atoms with van der Waals surface area (Å²) in [5.41, 5.74) is 5.14. The van der Waals surface area contributed by atoms with Crippen molar-refractivity contribution in [3.05, 3.63) is 94.0 Å². The summed E-state index contributed by atoms with van der Waals surface area (Å²) in [5.74, 6) is -1.96. The number of carboxylic acid groups (broad SMARTS) is 1. The highest BCUT2D eigenvalue weighted by molar-refractivity contribution is 9.10. The SMILES string of the molecule is CC(NC(=O)C(CC(=O)O)NC(=O)OCC1c2ccccc2-c2ccccc21)c1ccccc1Br. The number of fused-ring (bicyclic) bond motifs is 3. The maximum Gasteiger partial charge on any atom is 0.407 e. The molecule has 0 saturated heterocycles. The number of rotatable bonds is 8. The monoisotopic (exact) mass is 536 g/mol. The van der Waals surface area contributed by atoms with Gasteiger partial charge >= 0.3 is 12.1 Å². The number of aliphatic carboxylic acids is 1. The highest BCUT2D eigenvalue weighted by atomic mass is 79.9. The molecule has 0 spiro atoms. The van der Waals surface area contributed by atoms with Gasteiger partial charge in [-0.1, -0.05) is 82.7 Å². The van der Waals surface area contributed by atoms with Crippen molar-refractivity contribution < 1.29 is 24.2 Å². The van der Waals surface area contributed by atoms with E-state index in [0.29, 0.717) is 0 Å². The van der Waals surface area contributed by atoms with Crippen LogP contribution in [0, 0.1) is 0 Å². The van der Waals surface area contributed by atoms with E-state index in [4.69, 9.17) is 4.74 Å².